The fraction of sp³-hybridized carbons (Fsp3) is 1.00. The molecule has 1 fully saturated rings. The highest BCUT2D eigenvalue weighted by molar-refractivity contribution is 7.98. The highest BCUT2D eigenvalue weighted by Crippen LogP contribution is 2.13. The van der Waals surface area contributed by atoms with Crippen LogP contribution in [0.15, 0.2) is 0 Å². The van der Waals surface area contributed by atoms with Crippen molar-refractivity contribution in [3.05, 3.63) is 0 Å². The Morgan fingerprint density at radius 1 is 1.27 bits per heavy atom. The first-order chi connectivity index (χ1) is 7.36. The topological polar surface area (TPSA) is 15.3 Å². The maximum Gasteiger partial charge on any atom is 0.00723 e. The highest BCUT2D eigenvalue weighted by atomic mass is 32.2. The van der Waals surface area contributed by atoms with Crippen molar-refractivity contribution >= 4 is 11.8 Å². The Labute approximate surface area is 99.2 Å². The van der Waals surface area contributed by atoms with Gasteiger partial charge in [-0.05, 0) is 51.1 Å². The van der Waals surface area contributed by atoms with Crippen LogP contribution in [0.3, 0.4) is 0 Å². The fourth-order valence-electron chi connectivity index (χ4n) is 2.26. The molecule has 0 atom stereocenters. The lowest BCUT2D eigenvalue weighted by atomic mass is 9.97. The summed E-state index contributed by atoms with van der Waals surface area (Å²) in [5, 5.41) is 3.44. The summed E-state index contributed by atoms with van der Waals surface area (Å²) in [6, 6.07) is 0. The molecule has 1 rings (SSSR count). The van der Waals surface area contributed by atoms with Crippen molar-refractivity contribution in [1.29, 1.82) is 0 Å². The SMILES string of the molecule is CCCN(CCSC)CC1CCNCC1. The molecule has 0 aromatic heterocycles. The van der Waals surface area contributed by atoms with Gasteiger partial charge in [-0.3, -0.25) is 0 Å². The van der Waals surface area contributed by atoms with Crippen LogP contribution < -0.4 is 5.32 Å². The summed E-state index contributed by atoms with van der Waals surface area (Å²) in [7, 11) is 0. The molecule has 1 heterocycles. The largest absolute Gasteiger partial charge is 0.317 e. The molecule has 0 amide bonds. The molecular weight excluding hydrogens is 204 g/mol. The zero-order chi connectivity index (χ0) is 10.9. The van der Waals surface area contributed by atoms with E-state index >= 15 is 0 Å². The maximum atomic E-state index is 3.44. The predicted octanol–water partition coefficient (Wildman–Crippen LogP) is 2.06. The summed E-state index contributed by atoms with van der Waals surface area (Å²) in [5.41, 5.74) is 0. The average Bonchev–Trinajstić information content (AvgIpc) is 2.28. The van der Waals surface area contributed by atoms with Gasteiger partial charge in [-0.25, -0.2) is 0 Å². The molecule has 0 unspecified atom stereocenters. The van der Waals surface area contributed by atoms with E-state index in [9.17, 15) is 0 Å². The molecule has 0 aromatic rings. The van der Waals surface area contributed by atoms with Crippen molar-refractivity contribution in [2.45, 2.75) is 26.2 Å². The van der Waals surface area contributed by atoms with E-state index in [1.54, 1.807) is 0 Å². The molecule has 1 aliphatic rings. The summed E-state index contributed by atoms with van der Waals surface area (Å²) >= 11 is 1.96. The van der Waals surface area contributed by atoms with E-state index in [-0.39, 0.29) is 0 Å². The lowest BCUT2D eigenvalue weighted by Crippen LogP contribution is -2.37. The van der Waals surface area contributed by atoms with E-state index in [0.29, 0.717) is 0 Å². The second kappa shape index (κ2) is 8.43. The number of nitrogens with one attached hydrogen (secondary N) is 1. The molecule has 1 saturated heterocycles. The number of rotatable bonds is 7. The van der Waals surface area contributed by atoms with E-state index in [1.165, 1.54) is 57.7 Å². The van der Waals surface area contributed by atoms with Crippen LogP contribution in [0, 0.1) is 5.92 Å². The summed E-state index contributed by atoms with van der Waals surface area (Å²) in [6.07, 6.45) is 6.24. The van der Waals surface area contributed by atoms with Crippen molar-refractivity contribution in [3.8, 4) is 0 Å². The van der Waals surface area contributed by atoms with Crippen LogP contribution in [-0.2, 0) is 0 Å². The molecule has 0 aliphatic carbocycles. The minimum Gasteiger partial charge on any atom is -0.317 e. The van der Waals surface area contributed by atoms with Crippen molar-refractivity contribution in [1.82, 2.24) is 10.2 Å². The van der Waals surface area contributed by atoms with Gasteiger partial charge in [0.15, 0.2) is 0 Å². The summed E-state index contributed by atoms with van der Waals surface area (Å²) in [5.74, 6) is 2.23. The Morgan fingerprint density at radius 3 is 2.60 bits per heavy atom. The highest BCUT2D eigenvalue weighted by Gasteiger charge is 2.16. The summed E-state index contributed by atoms with van der Waals surface area (Å²) in [6.45, 7) is 8.63. The van der Waals surface area contributed by atoms with Crippen LogP contribution in [0.1, 0.15) is 26.2 Å². The molecule has 1 aliphatic heterocycles. The smallest absolute Gasteiger partial charge is 0.00723 e. The van der Waals surface area contributed by atoms with Gasteiger partial charge in [0.05, 0.1) is 0 Å². The van der Waals surface area contributed by atoms with Crippen LogP contribution in [0.25, 0.3) is 0 Å². The molecule has 0 aromatic carbocycles. The second-order valence-electron chi connectivity index (χ2n) is 4.49. The van der Waals surface area contributed by atoms with Crippen LogP contribution >= 0.6 is 11.8 Å². The quantitative estimate of drug-likeness (QED) is 0.721. The maximum absolute atomic E-state index is 3.44. The minimum absolute atomic E-state index is 0.944. The van der Waals surface area contributed by atoms with Crippen LogP contribution in [0.5, 0.6) is 0 Å². The monoisotopic (exact) mass is 230 g/mol. The zero-order valence-corrected chi connectivity index (χ0v) is 11.1. The third kappa shape index (κ3) is 5.79. The van der Waals surface area contributed by atoms with E-state index in [2.05, 4.69) is 23.4 Å². The van der Waals surface area contributed by atoms with Gasteiger partial charge in [-0.1, -0.05) is 6.92 Å². The van der Waals surface area contributed by atoms with E-state index in [0.717, 1.165) is 5.92 Å². The Balaban J connectivity index is 2.21. The van der Waals surface area contributed by atoms with Crippen LogP contribution in [-0.4, -0.2) is 49.6 Å². The molecule has 2 nitrogen and oxygen atoms in total. The van der Waals surface area contributed by atoms with Crippen LogP contribution in [0.4, 0.5) is 0 Å². The first kappa shape index (κ1) is 13.3. The number of hydrogen-bond acceptors (Lipinski definition) is 3. The first-order valence-electron chi connectivity index (χ1n) is 6.28. The molecule has 0 saturated carbocycles. The third-order valence-corrected chi connectivity index (χ3v) is 3.72. The minimum atomic E-state index is 0.944. The van der Waals surface area contributed by atoms with Crippen molar-refractivity contribution < 1.29 is 0 Å². The van der Waals surface area contributed by atoms with Crippen molar-refractivity contribution in [2.75, 3.05) is 44.7 Å². The van der Waals surface area contributed by atoms with E-state index in [4.69, 9.17) is 0 Å². The molecule has 0 bridgehead atoms. The Morgan fingerprint density at radius 2 is 2.00 bits per heavy atom. The Kier molecular flexibility index (Phi) is 7.49. The molecule has 15 heavy (non-hydrogen) atoms. The Hall–Kier alpha value is 0.270. The van der Waals surface area contributed by atoms with Gasteiger partial charge >= 0.3 is 0 Å². The second-order valence-corrected chi connectivity index (χ2v) is 5.47. The van der Waals surface area contributed by atoms with Gasteiger partial charge in [-0.2, -0.15) is 11.8 Å². The summed E-state index contributed by atoms with van der Waals surface area (Å²) in [4.78, 5) is 2.66. The lowest BCUT2D eigenvalue weighted by molar-refractivity contribution is 0.215. The molecule has 0 spiro atoms. The normalized spacial score (nSPS) is 18.6. The number of piperidine rings is 1. The van der Waals surface area contributed by atoms with Crippen molar-refractivity contribution in [3.63, 3.8) is 0 Å². The number of thioether (sulfide) groups is 1. The molecule has 3 heteroatoms. The number of hydrogen-bond donors (Lipinski definition) is 1. The van der Waals surface area contributed by atoms with Gasteiger partial charge < -0.3 is 10.2 Å². The van der Waals surface area contributed by atoms with Gasteiger partial charge in [0, 0.05) is 18.8 Å². The Bertz CT molecular complexity index is 147. The van der Waals surface area contributed by atoms with Gasteiger partial charge in [0.25, 0.3) is 0 Å². The first-order valence-corrected chi connectivity index (χ1v) is 7.68. The summed E-state index contributed by atoms with van der Waals surface area (Å²) < 4.78 is 0. The van der Waals surface area contributed by atoms with Gasteiger partial charge in [-0.15, -0.1) is 0 Å². The zero-order valence-electron chi connectivity index (χ0n) is 10.3. The third-order valence-electron chi connectivity index (χ3n) is 3.13. The van der Waals surface area contributed by atoms with Crippen molar-refractivity contribution in [2.24, 2.45) is 5.92 Å². The molecule has 0 radical (unpaired) electrons. The molecule has 90 valence electrons. The molecular formula is C12H26N2S. The standard InChI is InChI=1S/C12H26N2S/c1-3-8-14(9-10-15-2)11-12-4-6-13-7-5-12/h12-13H,3-11H2,1-2H3. The van der Waals surface area contributed by atoms with Crippen LogP contribution in [0.2, 0.25) is 0 Å². The van der Waals surface area contributed by atoms with Gasteiger partial charge in [0.2, 0.25) is 0 Å². The predicted molar refractivity (Wildman–Crippen MR) is 70.7 cm³/mol. The average molecular weight is 230 g/mol. The number of nitrogens with zero attached hydrogens (tertiary/aromatic N) is 1. The lowest BCUT2D eigenvalue weighted by Gasteiger charge is -2.29. The fourth-order valence-corrected chi connectivity index (χ4v) is 2.70. The van der Waals surface area contributed by atoms with E-state index < -0.39 is 0 Å². The van der Waals surface area contributed by atoms with E-state index in [1.807, 2.05) is 11.8 Å². The molecule has 1 N–H and O–H groups in total. The van der Waals surface area contributed by atoms with Gasteiger partial charge in [0.1, 0.15) is 0 Å².